The van der Waals surface area contributed by atoms with Gasteiger partial charge in [0.25, 0.3) is 0 Å². The van der Waals surface area contributed by atoms with Gasteiger partial charge in [-0.25, -0.2) is 0 Å². The van der Waals surface area contributed by atoms with E-state index in [9.17, 15) is 4.79 Å². The third-order valence-electron chi connectivity index (χ3n) is 4.27. The SMILES string of the molecule is O=C1C=CC23O[C@H]4CCC[C@@H](O2)C4CC3=C1. The molecule has 3 heteroatoms. The van der Waals surface area contributed by atoms with Crippen LogP contribution in [0.2, 0.25) is 0 Å². The van der Waals surface area contributed by atoms with Gasteiger partial charge < -0.3 is 9.47 Å². The summed E-state index contributed by atoms with van der Waals surface area (Å²) in [6.07, 6.45) is 10.2. The highest BCUT2D eigenvalue weighted by Gasteiger charge is 2.56. The molecule has 3 nitrogen and oxygen atoms in total. The van der Waals surface area contributed by atoms with Crippen molar-refractivity contribution in [2.24, 2.45) is 5.92 Å². The Labute approximate surface area is 94.1 Å². The summed E-state index contributed by atoms with van der Waals surface area (Å²) in [6, 6.07) is 0. The summed E-state index contributed by atoms with van der Waals surface area (Å²) in [7, 11) is 0. The number of allylic oxidation sites excluding steroid dienone is 2. The molecule has 0 amide bonds. The minimum absolute atomic E-state index is 0.0607. The predicted molar refractivity (Wildman–Crippen MR) is 56.7 cm³/mol. The number of hydrogen-bond acceptors (Lipinski definition) is 3. The zero-order chi connectivity index (χ0) is 10.8. The summed E-state index contributed by atoms with van der Waals surface area (Å²) in [5, 5.41) is 0. The molecule has 84 valence electrons. The average molecular weight is 218 g/mol. The first-order valence-corrected chi connectivity index (χ1v) is 6.07. The summed E-state index contributed by atoms with van der Waals surface area (Å²) in [4.78, 5) is 11.4. The van der Waals surface area contributed by atoms with Crippen molar-refractivity contribution in [3.8, 4) is 0 Å². The highest BCUT2D eigenvalue weighted by Crippen LogP contribution is 2.52. The van der Waals surface area contributed by atoms with Gasteiger partial charge in [0.15, 0.2) is 5.78 Å². The first kappa shape index (κ1) is 9.14. The summed E-state index contributed by atoms with van der Waals surface area (Å²) in [6.45, 7) is 0. The minimum atomic E-state index is -0.682. The lowest BCUT2D eigenvalue weighted by Crippen LogP contribution is -2.61. The van der Waals surface area contributed by atoms with Crippen LogP contribution in [0.1, 0.15) is 25.7 Å². The second kappa shape index (κ2) is 2.84. The molecule has 0 aromatic carbocycles. The molecule has 0 aromatic rings. The highest BCUT2D eigenvalue weighted by atomic mass is 16.7. The maximum atomic E-state index is 11.4. The molecule has 0 N–H and O–H groups in total. The lowest BCUT2D eigenvalue weighted by Gasteiger charge is -2.57. The zero-order valence-corrected chi connectivity index (χ0v) is 9.02. The normalized spacial score (nSPS) is 48.9. The van der Waals surface area contributed by atoms with Crippen LogP contribution in [0.25, 0.3) is 0 Å². The molecule has 4 atom stereocenters. The van der Waals surface area contributed by atoms with E-state index in [2.05, 4.69) is 0 Å². The van der Waals surface area contributed by atoms with Gasteiger partial charge in [-0.2, -0.15) is 0 Å². The number of rotatable bonds is 0. The molecule has 0 aromatic heterocycles. The van der Waals surface area contributed by atoms with Gasteiger partial charge in [0.05, 0.1) is 12.2 Å². The Bertz CT molecular complexity index is 407. The van der Waals surface area contributed by atoms with Crippen LogP contribution in [0.15, 0.2) is 23.8 Å². The molecule has 3 aliphatic heterocycles. The molecule has 2 aliphatic carbocycles. The van der Waals surface area contributed by atoms with E-state index < -0.39 is 5.79 Å². The molecule has 3 heterocycles. The fraction of sp³-hybridized carbons (Fsp3) is 0.615. The molecule has 0 radical (unpaired) electrons. The number of hydrogen-bond donors (Lipinski definition) is 0. The molecule has 16 heavy (non-hydrogen) atoms. The van der Waals surface area contributed by atoms with Crippen molar-refractivity contribution in [2.45, 2.75) is 43.7 Å². The third kappa shape index (κ3) is 1.03. The Morgan fingerprint density at radius 2 is 2.00 bits per heavy atom. The summed E-state index contributed by atoms with van der Waals surface area (Å²) < 4.78 is 12.1. The summed E-state index contributed by atoms with van der Waals surface area (Å²) in [5.74, 6) is -0.148. The maximum Gasteiger partial charge on any atom is 0.212 e. The van der Waals surface area contributed by atoms with Gasteiger partial charge in [-0.3, -0.25) is 4.79 Å². The summed E-state index contributed by atoms with van der Waals surface area (Å²) in [5.41, 5.74) is 1.03. The molecule has 3 saturated heterocycles. The summed E-state index contributed by atoms with van der Waals surface area (Å²) >= 11 is 0. The number of ether oxygens (including phenoxy) is 2. The van der Waals surface area contributed by atoms with Crippen molar-refractivity contribution in [3.63, 3.8) is 0 Å². The Morgan fingerprint density at radius 1 is 1.25 bits per heavy atom. The predicted octanol–water partition coefficient (Wildman–Crippen LogP) is 1.74. The van der Waals surface area contributed by atoms with E-state index in [1.54, 1.807) is 12.2 Å². The van der Waals surface area contributed by atoms with E-state index in [1.807, 2.05) is 6.08 Å². The van der Waals surface area contributed by atoms with E-state index in [-0.39, 0.29) is 5.78 Å². The van der Waals surface area contributed by atoms with Crippen molar-refractivity contribution >= 4 is 5.78 Å². The monoisotopic (exact) mass is 218 g/mol. The van der Waals surface area contributed by atoms with Gasteiger partial charge in [-0.05, 0) is 49.5 Å². The van der Waals surface area contributed by atoms with Gasteiger partial charge in [-0.15, -0.1) is 0 Å². The van der Waals surface area contributed by atoms with Crippen LogP contribution in [-0.4, -0.2) is 23.8 Å². The van der Waals surface area contributed by atoms with Gasteiger partial charge >= 0.3 is 0 Å². The van der Waals surface area contributed by atoms with Crippen LogP contribution in [-0.2, 0) is 14.3 Å². The molecule has 4 bridgehead atoms. The Kier molecular flexibility index (Phi) is 1.62. The Morgan fingerprint density at radius 3 is 2.75 bits per heavy atom. The van der Waals surface area contributed by atoms with Crippen LogP contribution < -0.4 is 0 Å². The topological polar surface area (TPSA) is 35.5 Å². The van der Waals surface area contributed by atoms with Gasteiger partial charge in [0, 0.05) is 5.92 Å². The van der Waals surface area contributed by atoms with Crippen molar-refractivity contribution in [1.82, 2.24) is 0 Å². The van der Waals surface area contributed by atoms with Crippen LogP contribution in [0.3, 0.4) is 0 Å². The van der Waals surface area contributed by atoms with Gasteiger partial charge in [0.2, 0.25) is 5.79 Å². The van der Waals surface area contributed by atoms with Crippen molar-refractivity contribution in [2.75, 3.05) is 0 Å². The molecule has 2 unspecified atom stereocenters. The Balaban J connectivity index is 1.80. The van der Waals surface area contributed by atoms with E-state index in [4.69, 9.17) is 9.47 Å². The average Bonchev–Trinajstić information content (AvgIpc) is 2.27. The lowest BCUT2D eigenvalue weighted by atomic mass is 9.72. The van der Waals surface area contributed by atoms with Crippen molar-refractivity contribution in [3.05, 3.63) is 23.8 Å². The van der Waals surface area contributed by atoms with E-state index in [1.165, 1.54) is 6.42 Å². The van der Waals surface area contributed by atoms with Crippen LogP contribution in [0.5, 0.6) is 0 Å². The van der Waals surface area contributed by atoms with Gasteiger partial charge in [0.1, 0.15) is 0 Å². The van der Waals surface area contributed by atoms with Crippen molar-refractivity contribution < 1.29 is 14.3 Å². The molecule has 5 aliphatic rings. The number of carbonyl (C=O) groups is 1. The van der Waals surface area contributed by atoms with Crippen LogP contribution in [0, 0.1) is 5.92 Å². The molecular weight excluding hydrogens is 204 g/mol. The van der Waals surface area contributed by atoms with Gasteiger partial charge in [-0.1, -0.05) is 0 Å². The third-order valence-corrected chi connectivity index (χ3v) is 4.27. The van der Waals surface area contributed by atoms with E-state index in [0.29, 0.717) is 18.1 Å². The second-order valence-corrected chi connectivity index (χ2v) is 5.18. The van der Waals surface area contributed by atoms with Crippen LogP contribution >= 0.6 is 0 Å². The molecule has 1 saturated carbocycles. The Hall–Kier alpha value is -0.930. The van der Waals surface area contributed by atoms with E-state index in [0.717, 1.165) is 24.8 Å². The standard InChI is InChI=1S/C13H14O3/c14-9-4-5-13-8(6-9)7-10-11(15-13)2-1-3-12(10)16-13/h4-6,10-12H,1-3,7H2/t10?,11-,12+,13?. The lowest BCUT2D eigenvalue weighted by molar-refractivity contribution is -0.330. The highest BCUT2D eigenvalue weighted by molar-refractivity contribution is 6.01. The molecule has 1 spiro atoms. The number of ketones is 1. The smallest absolute Gasteiger partial charge is 0.212 e. The maximum absolute atomic E-state index is 11.4. The number of carbonyl (C=O) groups excluding carboxylic acids is 1. The molecule has 5 rings (SSSR count). The quantitative estimate of drug-likeness (QED) is 0.621. The molecular formula is C13H14O3. The van der Waals surface area contributed by atoms with E-state index >= 15 is 0 Å². The minimum Gasteiger partial charge on any atom is -0.339 e. The van der Waals surface area contributed by atoms with Crippen LogP contribution in [0.4, 0.5) is 0 Å². The van der Waals surface area contributed by atoms with Crippen molar-refractivity contribution in [1.29, 1.82) is 0 Å². The first-order valence-electron chi connectivity index (χ1n) is 6.07. The fourth-order valence-corrected chi connectivity index (χ4v) is 3.53. The first-order chi connectivity index (χ1) is 7.77. The second-order valence-electron chi connectivity index (χ2n) is 5.18. The largest absolute Gasteiger partial charge is 0.339 e. The molecule has 4 fully saturated rings. The fourth-order valence-electron chi connectivity index (χ4n) is 3.53. The zero-order valence-electron chi connectivity index (χ0n) is 9.02.